The summed E-state index contributed by atoms with van der Waals surface area (Å²) in [7, 11) is 0. The van der Waals surface area contributed by atoms with E-state index < -0.39 is 42.5 Å². The summed E-state index contributed by atoms with van der Waals surface area (Å²) < 4.78 is 48.0. The van der Waals surface area contributed by atoms with E-state index in [-0.39, 0.29) is 19.7 Å². The first-order valence-corrected chi connectivity index (χ1v) is 12.5. The fourth-order valence-electron chi connectivity index (χ4n) is 4.03. The number of halogens is 3. The van der Waals surface area contributed by atoms with E-state index in [1.807, 2.05) is 66.7 Å². The Labute approximate surface area is 221 Å². The molecule has 3 rings (SSSR count). The number of nitrogens with one attached hydrogen (secondary N) is 1. The largest absolute Gasteiger partial charge is 0.459 e. The number of carbonyl (C=O) groups is 2. The quantitative estimate of drug-likeness (QED) is 0.305. The molecule has 0 fully saturated rings. The van der Waals surface area contributed by atoms with Gasteiger partial charge in [0.05, 0.1) is 0 Å². The van der Waals surface area contributed by atoms with E-state index in [1.165, 1.54) is 0 Å². The number of alkyl halides is 3. The number of nitrogens with zero attached hydrogens (tertiary/aromatic N) is 1. The monoisotopic (exact) mass is 526 g/mol. The topological polar surface area (TPSA) is 58.6 Å². The minimum atomic E-state index is -4.81. The van der Waals surface area contributed by atoms with Gasteiger partial charge in [-0.25, -0.2) is 4.79 Å². The van der Waals surface area contributed by atoms with E-state index in [0.717, 1.165) is 16.7 Å². The van der Waals surface area contributed by atoms with Gasteiger partial charge >= 0.3 is 12.1 Å². The van der Waals surface area contributed by atoms with Crippen molar-refractivity contribution in [2.75, 3.05) is 6.54 Å². The summed E-state index contributed by atoms with van der Waals surface area (Å²) in [4.78, 5) is 27.4. The Balaban J connectivity index is 1.76. The van der Waals surface area contributed by atoms with Crippen LogP contribution in [0, 0.1) is 11.8 Å². The van der Waals surface area contributed by atoms with Crippen molar-refractivity contribution in [1.82, 2.24) is 10.2 Å². The third-order valence-electron chi connectivity index (χ3n) is 6.09. The molecule has 3 aromatic carbocycles. The molecule has 0 saturated heterocycles. The molecular weight excluding hydrogens is 493 g/mol. The lowest BCUT2D eigenvalue weighted by atomic mass is 10.0. The van der Waals surface area contributed by atoms with E-state index >= 15 is 0 Å². The van der Waals surface area contributed by atoms with Crippen LogP contribution in [-0.2, 0) is 34.0 Å². The summed E-state index contributed by atoms with van der Waals surface area (Å²) in [6.45, 7) is 3.14. The van der Waals surface area contributed by atoms with Crippen molar-refractivity contribution in [1.29, 1.82) is 0 Å². The number of ether oxygens (including phenoxy) is 1. The van der Waals surface area contributed by atoms with Crippen molar-refractivity contribution >= 4 is 11.9 Å². The lowest BCUT2D eigenvalue weighted by molar-refractivity contribution is -0.188. The summed E-state index contributed by atoms with van der Waals surface area (Å²) in [6.07, 6.45) is -4.81. The number of carbonyl (C=O) groups excluding carboxylic acids is 2. The van der Waals surface area contributed by atoms with Crippen LogP contribution in [0.1, 0.15) is 30.5 Å². The SMILES string of the molecule is CC(C)[C@H](NC(=O)[C@H](CN(Cc1ccccc1)Cc1ccccc1)C(F)(F)F)C(=O)OCc1ccccc1. The van der Waals surface area contributed by atoms with Crippen molar-refractivity contribution in [3.05, 3.63) is 108 Å². The minimum Gasteiger partial charge on any atom is -0.459 e. The molecule has 0 spiro atoms. The minimum absolute atomic E-state index is 0.0383. The Morgan fingerprint density at radius 1 is 0.789 bits per heavy atom. The second-order valence-corrected chi connectivity index (χ2v) is 9.56. The Bertz CT molecular complexity index is 1100. The van der Waals surface area contributed by atoms with Crippen LogP contribution in [-0.4, -0.2) is 35.5 Å². The van der Waals surface area contributed by atoms with Gasteiger partial charge in [0.1, 0.15) is 18.6 Å². The molecule has 1 amide bonds. The molecule has 0 unspecified atom stereocenters. The molecule has 2 atom stereocenters. The molecule has 3 aromatic rings. The zero-order chi connectivity index (χ0) is 27.5. The number of hydrogen-bond acceptors (Lipinski definition) is 4. The van der Waals surface area contributed by atoms with Crippen LogP contribution < -0.4 is 5.32 Å². The highest BCUT2D eigenvalue weighted by Crippen LogP contribution is 2.29. The molecule has 0 aliphatic rings. The smallest absolute Gasteiger partial charge is 0.401 e. The van der Waals surface area contributed by atoms with Gasteiger partial charge in [-0.05, 0) is 22.6 Å². The number of esters is 1. The lowest BCUT2D eigenvalue weighted by Crippen LogP contribution is -2.52. The van der Waals surface area contributed by atoms with Crippen molar-refractivity contribution < 1.29 is 27.5 Å². The maximum Gasteiger partial charge on any atom is 0.401 e. The molecular formula is C30H33F3N2O3. The van der Waals surface area contributed by atoms with Crippen LogP contribution in [0.2, 0.25) is 0 Å². The molecule has 5 nitrogen and oxygen atoms in total. The molecule has 0 bridgehead atoms. The van der Waals surface area contributed by atoms with Gasteiger partial charge in [0, 0.05) is 19.6 Å². The van der Waals surface area contributed by atoms with Gasteiger partial charge in [-0.1, -0.05) is 105 Å². The molecule has 0 aromatic heterocycles. The Kier molecular flexibility index (Phi) is 10.5. The van der Waals surface area contributed by atoms with Crippen LogP contribution in [0.25, 0.3) is 0 Å². The maximum absolute atomic E-state index is 14.2. The van der Waals surface area contributed by atoms with Crippen molar-refractivity contribution in [2.24, 2.45) is 11.8 Å². The second-order valence-electron chi connectivity index (χ2n) is 9.56. The van der Waals surface area contributed by atoms with E-state index in [0.29, 0.717) is 0 Å². The van der Waals surface area contributed by atoms with E-state index in [4.69, 9.17) is 4.74 Å². The van der Waals surface area contributed by atoms with Gasteiger partial charge in [-0.3, -0.25) is 9.69 Å². The summed E-state index contributed by atoms with van der Waals surface area (Å²) in [5.74, 6) is -4.83. The molecule has 0 aliphatic carbocycles. The first-order valence-electron chi connectivity index (χ1n) is 12.5. The highest BCUT2D eigenvalue weighted by molar-refractivity contribution is 5.86. The van der Waals surface area contributed by atoms with E-state index in [1.54, 1.807) is 43.0 Å². The number of rotatable bonds is 12. The Morgan fingerprint density at radius 2 is 1.24 bits per heavy atom. The van der Waals surface area contributed by atoms with E-state index in [9.17, 15) is 22.8 Å². The standard InChI is InChI=1S/C30H33F3N2O3/c1-22(2)27(29(37)38-21-25-16-10-5-11-17-25)34-28(36)26(30(31,32)33)20-35(18-23-12-6-3-7-13-23)19-24-14-8-4-9-15-24/h3-17,22,26-27H,18-21H2,1-2H3,(H,34,36)/t26-,27-/m0/s1. The van der Waals surface area contributed by atoms with Gasteiger partial charge < -0.3 is 10.1 Å². The number of benzene rings is 3. The summed E-state index contributed by atoms with van der Waals surface area (Å²) in [6, 6.07) is 26.0. The fourth-order valence-corrected chi connectivity index (χ4v) is 4.03. The zero-order valence-corrected chi connectivity index (χ0v) is 21.5. The molecule has 0 saturated carbocycles. The highest BCUT2D eigenvalue weighted by atomic mass is 19.4. The first-order chi connectivity index (χ1) is 18.1. The van der Waals surface area contributed by atoms with Gasteiger partial charge in [0.15, 0.2) is 0 Å². The molecule has 38 heavy (non-hydrogen) atoms. The number of amides is 1. The third-order valence-corrected chi connectivity index (χ3v) is 6.09. The summed E-state index contributed by atoms with van der Waals surface area (Å²) in [5.41, 5.74) is 2.39. The maximum atomic E-state index is 14.2. The van der Waals surface area contributed by atoms with Crippen molar-refractivity contribution in [2.45, 2.75) is 45.8 Å². The molecule has 0 aliphatic heterocycles. The average Bonchev–Trinajstić information content (AvgIpc) is 2.89. The van der Waals surface area contributed by atoms with Crippen LogP contribution in [0.4, 0.5) is 13.2 Å². The van der Waals surface area contributed by atoms with Gasteiger partial charge in [-0.2, -0.15) is 13.2 Å². The summed E-state index contributed by atoms with van der Waals surface area (Å²) in [5, 5.41) is 2.33. The predicted molar refractivity (Wildman–Crippen MR) is 140 cm³/mol. The second kappa shape index (κ2) is 13.8. The third kappa shape index (κ3) is 9.03. The average molecular weight is 527 g/mol. The lowest BCUT2D eigenvalue weighted by Gasteiger charge is -2.30. The summed E-state index contributed by atoms with van der Waals surface area (Å²) >= 11 is 0. The van der Waals surface area contributed by atoms with Crippen molar-refractivity contribution in [3.63, 3.8) is 0 Å². The predicted octanol–water partition coefficient (Wildman–Crippen LogP) is 5.75. The van der Waals surface area contributed by atoms with Crippen LogP contribution >= 0.6 is 0 Å². The molecule has 8 heteroatoms. The normalized spacial score (nSPS) is 13.2. The molecule has 202 valence electrons. The fraction of sp³-hybridized carbons (Fsp3) is 0.333. The first kappa shape index (κ1) is 28.9. The molecule has 0 radical (unpaired) electrons. The van der Waals surface area contributed by atoms with Crippen LogP contribution in [0.5, 0.6) is 0 Å². The van der Waals surface area contributed by atoms with Crippen LogP contribution in [0.15, 0.2) is 91.0 Å². The zero-order valence-electron chi connectivity index (χ0n) is 21.5. The van der Waals surface area contributed by atoms with Gasteiger partial charge in [0.25, 0.3) is 0 Å². The highest BCUT2D eigenvalue weighted by Gasteiger charge is 2.46. The van der Waals surface area contributed by atoms with Gasteiger partial charge in [-0.15, -0.1) is 0 Å². The van der Waals surface area contributed by atoms with E-state index in [2.05, 4.69) is 5.32 Å². The molecule has 1 N–H and O–H groups in total. The van der Waals surface area contributed by atoms with Crippen LogP contribution in [0.3, 0.4) is 0 Å². The molecule has 0 heterocycles. The Hall–Kier alpha value is -3.65. The van der Waals surface area contributed by atoms with Crippen molar-refractivity contribution in [3.8, 4) is 0 Å². The van der Waals surface area contributed by atoms with Gasteiger partial charge in [0.2, 0.25) is 5.91 Å². The Morgan fingerprint density at radius 3 is 1.66 bits per heavy atom. The number of hydrogen-bond donors (Lipinski definition) is 1.